The van der Waals surface area contributed by atoms with E-state index in [4.69, 9.17) is 0 Å². The minimum Gasteiger partial charge on any atom is -0.313 e. The zero-order valence-corrected chi connectivity index (χ0v) is 13.1. The Hall–Kier alpha value is -0.810. The Morgan fingerprint density at radius 2 is 2.00 bits per heavy atom. The molecule has 3 atom stereocenters. The van der Waals surface area contributed by atoms with Gasteiger partial charge in [-0.3, -0.25) is 4.21 Å². The molecule has 0 radical (unpaired) electrons. The van der Waals surface area contributed by atoms with Gasteiger partial charge in [-0.25, -0.2) is 8.78 Å². The van der Waals surface area contributed by atoms with Gasteiger partial charge in [0.15, 0.2) is 0 Å². The first kappa shape index (κ1) is 17.2. The summed E-state index contributed by atoms with van der Waals surface area (Å²) in [5.41, 5.74) is 0. The van der Waals surface area contributed by atoms with Crippen molar-refractivity contribution in [3.05, 3.63) is 29.8 Å². The van der Waals surface area contributed by atoms with Crippen LogP contribution in [-0.4, -0.2) is 22.5 Å². The molecule has 3 unspecified atom stereocenters. The molecule has 1 rings (SSSR count). The van der Waals surface area contributed by atoms with Crippen LogP contribution < -0.4 is 5.32 Å². The van der Waals surface area contributed by atoms with Gasteiger partial charge in [0.25, 0.3) is 0 Å². The van der Waals surface area contributed by atoms with Crippen LogP contribution in [0.5, 0.6) is 0 Å². The van der Waals surface area contributed by atoms with Crippen molar-refractivity contribution in [3.8, 4) is 0 Å². The Bertz CT molecular complexity index is 453. The molecule has 20 heavy (non-hydrogen) atoms. The highest BCUT2D eigenvalue weighted by Crippen LogP contribution is 2.17. The molecule has 0 spiro atoms. The van der Waals surface area contributed by atoms with Gasteiger partial charge in [0, 0.05) is 11.8 Å². The second-order valence-corrected chi connectivity index (χ2v) is 6.50. The summed E-state index contributed by atoms with van der Waals surface area (Å²) in [6.07, 6.45) is 1.93. The Balaban J connectivity index is 2.81. The van der Waals surface area contributed by atoms with Crippen LogP contribution in [0.3, 0.4) is 0 Å². The van der Waals surface area contributed by atoms with Crippen molar-refractivity contribution >= 4 is 10.8 Å². The van der Waals surface area contributed by atoms with E-state index in [1.54, 1.807) is 0 Å². The SMILES string of the molecule is CCCNC(CS(=O)c1cc(F)ccc1F)C(C)CC. The maximum Gasteiger partial charge on any atom is 0.139 e. The fourth-order valence-corrected chi connectivity index (χ4v) is 3.42. The van der Waals surface area contributed by atoms with Gasteiger partial charge in [-0.15, -0.1) is 0 Å². The molecule has 2 nitrogen and oxygen atoms in total. The van der Waals surface area contributed by atoms with Crippen molar-refractivity contribution < 1.29 is 13.0 Å². The molecule has 0 aromatic heterocycles. The minimum atomic E-state index is -1.54. The Labute approximate surface area is 122 Å². The topological polar surface area (TPSA) is 29.1 Å². The maximum atomic E-state index is 13.6. The van der Waals surface area contributed by atoms with Crippen molar-refractivity contribution in [2.24, 2.45) is 5.92 Å². The van der Waals surface area contributed by atoms with Crippen LogP contribution in [0.25, 0.3) is 0 Å². The summed E-state index contributed by atoms with van der Waals surface area (Å²) in [5.74, 6) is -0.531. The van der Waals surface area contributed by atoms with Crippen molar-refractivity contribution in [2.45, 2.75) is 44.6 Å². The molecule has 1 aromatic carbocycles. The van der Waals surface area contributed by atoms with Crippen LogP contribution >= 0.6 is 0 Å². The number of hydrogen-bond donors (Lipinski definition) is 1. The molecule has 0 aliphatic rings. The monoisotopic (exact) mass is 303 g/mol. The first-order chi connectivity index (χ1) is 9.49. The molecular weight excluding hydrogens is 280 g/mol. The predicted octanol–water partition coefficient (Wildman–Crippen LogP) is 3.49. The average Bonchev–Trinajstić information content (AvgIpc) is 2.44. The highest BCUT2D eigenvalue weighted by molar-refractivity contribution is 7.85. The zero-order valence-electron chi connectivity index (χ0n) is 12.3. The van der Waals surface area contributed by atoms with E-state index in [0.717, 1.165) is 37.6 Å². The van der Waals surface area contributed by atoms with Gasteiger partial charge in [-0.1, -0.05) is 27.2 Å². The van der Waals surface area contributed by atoms with Gasteiger partial charge in [0.1, 0.15) is 11.6 Å². The van der Waals surface area contributed by atoms with Gasteiger partial charge in [0.2, 0.25) is 0 Å². The summed E-state index contributed by atoms with van der Waals surface area (Å²) in [6, 6.07) is 3.14. The second-order valence-electron chi connectivity index (χ2n) is 5.03. The molecule has 1 N–H and O–H groups in total. The summed E-state index contributed by atoms with van der Waals surface area (Å²) in [6.45, 7) is 7.03. The van der Waals surface area contributed by atoms with E-state index in [-0.39, 0.29) is 10.9 Å². The quantitative estimate of drug-likeness (QED) is 0.796. The Kier molecular flexibility index (Phi) is 7.30. The van der Waals surface area contributed by atoms with E-state index >= 15 is 0 Å². The summed E-state index contributed by atoms with van der Waals surface area (Å²) in [5, 5.41) is 3.35. The molecule has 5 heteroatoms. The van der Waals surface area contributed by atoms with Crippen LogP contribution in [-0.2, 0) is 10.8 Å². The van der Waals surface area contributed by atoms with Gasteiger partial charge in [-0.05, 0) is 37.1 Å². The lowest BCUT2D eigenvalue weighted by Crippen LogP contribution is -2.39. The molecule has 0 amide bonds. The molecular formula is C15H23F2NOS. The molecule has 0 aliphatic carbocycles. The minimum absolute atomic E-state index is 0.0448. The molecule has 114 valence electrons. The van der Waals surface area contributed by atoms with E-state index in [1.807, 2.05) is 0 Å². The zero-order chi connectivity index (χ0) is 15.1. The van der Waals surface area contributed by atoms with Crippen LogP contribution in [0.15, 0.2) is 23.1 Å². The van der Waals surface area contributed by atoms with E-state index in [2.05, 4.69) is 26.1 Å². The number of nitrogens with one attached hydrogen (secondary N) is 1. The Morgan fingerprint density at radius 1 is 1.30 bits per heavy atom. The largest absolute Gasteiger partial charge is 0.313 e. The lowest BCUT2D eigenvalue weighted by molar-refractivity contribution is 0.394. The van der Waals surface area contributed by atoms with Crippen LogP contribution in [0.2, 0.25) is 0 Å². The van der Waals surface area contributed by atoms with Crippen molar-refractivity contribution in [1.29, 1.82) is 0 Å². The van der Waals surface area contributed by atoms with E-state index < -0.39 is 22.4 Å². The fraction of sp³-hybridized carbons (Fsp3) is 0.600. The molecule has 0 fully saturated rings. The third-order valence-corrected chi connectivity index (χ3v) is 4.92. The van der Waals surface area contributed by atoms with Gasteiger partial charge >= 0.3 is 0 Å². The number of benzene rings is 1. The van der Waals surface area contributed by atoms with Crippen molar-refractivity contribution in [1.82, 2.24) is 5.32 Å². The molecule has 1 aromatic rings. The van der Waals surface area contributed by atoms with Crippen LogP contribution in [0.4, 0.5) is 8.78 Å². The highest BCUT2D eigenvalue weighted by Gasteiger charge is 2.20. The number of hydrogen-bond acceptors (Lipinski definition) is 2. The van der Waals surface area contributed by atoms with Crippen LogP contribution in [0.1, 0.15) is 33.6 Å². The van der Waals surface area contributed by atoms with Crippen molar-refractivity contribution in [3.63, 3.8) is 0 Å². The summed E-state index contributed by atoms with van der Waals surface area (Å²) < 4.78 is 39.1. The second kappa shape index (κ2) is 8.47. The summed E-state index contributed by atoms with van der Waals surface area (Å²) >= 11 is 0. The van der Waals surface area contributed by atoms with E-state index in [0.29, 0.717) is 11.7 Å². The number of rotatable bonds is 8. The summed E-state index contributed by atoms with van der Waals surface area (Å²) in [7, 11) is -1.54. The normalized spacial score (nSPS) is 15.8. The predicted molar refractivity (Wildman–Crippen MR) is 79.2 cm³/mol. The lowest BCUT2D eigenvalue weighted by atomic mass is 10.0. The first-order valence-corrected chi connectivity index (χ1v) is 8.38. The smallest absolute Gasteiger partial charge is 0.139 e. The van der Waals surface area contributed by atoms with E-state index in [1.165, 1.54) is 0 Å². The number of halogens is 2. The standard InChI is InChI=1S/C15H23F2NOS/c1-4-8-18-14(11(3)5-2)10-20(19)15-9-12(16)6-7-13(15)17/h6-7,9,11,14,18H,4-5,8,10H2,1-3H3. The highest BCUT2D eigenvalue weighted by atomic mass is 32.2. The van der Waals surface area contributed by atoms with Gasteiger partial charge in [0.05, 0.1) is 15.7 Å². The average molecular weight is 303 g/mol. The molecule has 0 heterocycles. The van der Waals surface area contributed by atoms with Crippen molar-refractivity contribution in [2.75, 3.05) is 12.3 Å². The van der Waals surface area contributed by atoms with Gasteiger partial charge in [-0.2, -0.15) is 0 Å². The van der Waals surface area contributed by atoms with E-state index in [9.17, 15) is 13.0 Å². The maximum absolute atomic E-state index is 13.6. The lowest BCUT2D eigenvalue weighted by Gasteiger charge is -2.24. The first-order valence-electron chi connectivity index (χ1n) is 7.06. The molecule has 0 bridgehead atoms. The Morgan fingerprint density at radius 3 is 2.60 bits per heavy atom. The summed E-state index contributed by atoms with van der Waals surface area (Å²) in [4.78, 5) is -0.0448. The fourth-order valence-electron chi connectivity index (χ4n) is 1.94. The molecule has 0 saturated heterocycles. The third-order valence-electron chi connectivity index (χ3n) is 3.46. The van der Waals surface area contributed by atoms with Crippen LogP contribution in [0, 0.1) is 17.6 Å². The molecule has 0 aliphatic heterocycles. The molecule has 0 saturated carbocycles. The van der Waals surface area contributed by atoms with Gasteiger partial charge < -0.3 is 5.32 Å². The third kappa shape index (κ3) is 4.94.